The van der Waals surface area contributed by atoms with Gasteiger partial charge < -0.3 is 16.2 Å². The molecule has 0 spiro atoms. The van der Waals surface area contributed by atoms with E-state index in [0.29, 0.717) is 5.39 Å². The van der Waals surface area contributed by atoms with Crippen molar-refractivity contribution in [2.24, 2.45) is 5.73 Å². The molecule has 5 heteroatoms. The van der Waals surface area contributed by atoms with Gasteiger partial charge in [-0.25, -0.2) is 4.98 Å². The molecule has 2 unspecified atom stereocenters. The molecule has 1 heterocycles. The second-order valence-corrected chi connectivity index (χ2v) is 5.74. The van der Waals surface area contributed by atoms with Gasteiger partial charge >= 0.3 is 0 Å². The van der Waals surface area contributed by atoms with E-state index in [1.807, 2.05) is 49.4 Å². The molecule has 1 amide bonds. The van der Waals surface area contributed by atoms with Crippen molar-refractivity contribution < 1.29 is 9.90 Å². The largest absolute Gasteiger partial charge is 0.505 e. The summed E-state index contributed by atoms with van der Waals surface area (Å²) in [6.45, 7) is 1.83. The van der Waals surface area contributed by atoms with Gasteiger partial charge in [0.05, 0.1) is 0 Å². The lowest BCUT2D eigenvalue weighted by Gasteiger charge is -2.21. The number of carbonyl (C=O) groups excluding carboxylic acids is 1. The summed E-state index contributed by atoms with van der Waals surface area (Å²) in [5.74, 6) is -0.566. The third-order valence-electron chi connectivity index (χ3n) is 4.07. The number of nitrogens with one attached hydrogen (secondary N) is 1. The molecule has 4 N–H and O–H groups in total. The number of nitrogens with two attached hydrogens (primary N) is 1. The first-order valence-electron chi connectivity index (χ1n) is 7.76. The van der Waals surface area contributed by atoms with Crippen LogP contribution >= 0.6 is 0 Å². The van der Waals surface area contributed by atoms with Crippen LogP contribution in [-0.4, -0.2) is 22.0 Å². The van der Waals surface area contributed by atoms with Gasteiger partial charge in [0.25, 0.3) is 5.91 Å². The summed E-state index contributed by atoms with van der Waals surface area (Å²) in [6.07, 6.45) is 1.58. The van der Waals surface area contributed by atoms with Crippen LogP contribution in [0.3, 0.4) is 0 Å². The number of fused-ring (bicyclic) bond motifs is 1. The quantitative estimate of drug-likeness (QED) is 0.689. The molecule has 0 radical (unpaired) electrons. The number of carbonyl (C=O) groups is 1. The number of amides is 1. The Morgan fingerprint density at radius 1 is 1.12 bits per heavy atom. The lowest BCUT2D eigenvalue weighted by Crippen LogP contribution is -2.40. The van der Waals surface area contributed by atoms with Gasteiger partial charge in [-0.05, 0) is 12.5 Å². The van der Waals surface area contributed by atoms with E-state index >= 15 is 0 Å². The topological polar surface area (TPSA) is 88.2 Å². The Labute approximate surface area is 140 Å². The first kappa shape index (κ1) is 16.0. The summed E-state index contributed by atoms with van der Waals surface area (Å²) in [6, 6.07) is 16.1. The van der Waals surface area contributed by atoms with E-state index in [2.05, 4.69) is 10.3 Å². The lowest BCUT2D eigenvalue weighted by molar-refractivity contribution is 0.0927. The van der Waals surface area contributed by atoms with E-state index in [9.17, 15) is 9.90 Å². The van der Waals surface area contributed by atoms with Crippen LogP contribution in [0.25, 0.3) is 10.8 Å². The lowest BCUT2D eigenvalue weighted by atomic mass is 10.0. The number of aromatic hydroxyl groups is 1. The van der Waals surface area contributed by atoms with Crippen molar-refractivity contribution in [1.82, 2.24) is 10.3 Å². The molecule has 0 fully saturated rings. The average Bonchev–Trinajstić information content (AvgIpc) is 2.62. The number of hydrogen-bond acceptors (Lipinski definition) is 4. The maximum Gasteiger partial charge on any atom is 0.274 e. The summed E-state index contributed by atoms with van der Waals surface area (Å²) >= 11 is 0. The van der Waals surface area contributed by atoms with Crippen LogP contribution in [0, 0.1) is 0 Å². The molecule has 122 valence electrons. The molecule has 24 heavy (non-hydrogen) atoms. The predicted molar refractivity (Wildman–Crippen MR) is 93.7 cm³/mol. The van der Waals surface area contributed by atoms with Gasteiger partial charge in [-0.2, -0.15) is 0 Å². The fourth-order valence-electron chi connectivity index (χ4n) is 2.64. The second-order valence-electron chi connectivity index (χ2n) is 5.74. The van der Waals surface area contributed by atoms with E-state index in [-0.39, 0.29) is 23.5 Å². The molecule has 0 saturated carbocycles. The van der Waals surface area contributed by atoms with E-state index in [1.165, 1.54) is 0 Å². The maximum atomic E-state index is 12.5. The molecule has 3 aromatic rings. The Bertz CT molecular complexity index is 865. The third-order valence-corrected chi connectivity index (χ3v) is 4.07. The summed E-state index contributed by atoms with van der Waals surface area (Å²) in [4.78, 5) is 16.6. The molecule has 0 saturated heterocycles. The van der Waals surface area contributed by atoms with Crippen molar-refractivity contribution in [3.05, 3.63) is 72.1 Å². The second kappa shape index (κ2) is 6.68. The zero-order valence-corrected chi connectivity index (χ0v) is 13.3. The summed E-state index contributed by atoms with van der Waals surface area (Å²) in [5.41, 5.74) is 7.13. The number of pyridine rings is 1. The standard InChI is InChI=1S/C19H19N3O2/c1-12(16(20)13-7-3-2-4-8-13)22-19(24)17-18(23)15-10-6-5-9-14(15)11-21-17/h2-12,16,23H,20H2,1H3,(H,22,24). The Kier molecular flexibility index (Phi) is 4.44. The summed E-state index contributed by atoms with van der Waals surface area (Å²) < 4.78 is 0. The van der Waals surface area contributed by atoms with Crippen molar-refractivity contribution >= 4 is 16.7 Å². The Balaban J connectivity index is 1.81. The summed E-state index contributed by atoms with van der Waals surface area (Å²) in [7, 11) is 0. The van der Waals surface area contributed by atoms with Crippen LogP contribution in [0.4, 0.5) is 0 Å². The Hall–Kier alpha value is -2.92. The van der Waals surface area contributed by atoms with Gasteiger partial charge in [0.2, 0.25) is 0 Å². The highest BCUT2D eigenvalue weighted by molar-refractivity contribution is 6.01. The van der Waals surface area contributed by atoms with E-state index in [0.717, 1.165) is 10.9 Å². The summed E-state index contributed by atoms with van der Waals surface area (Å²) in [5, 5.41) is 14.5. The van der Waals surface area contributed by atoms with Gasteiger partial charge in [0.15, 0.2) is 11.4 Å². The zero-order valence-electron chi connectivity index (χ0n) is 13.3. The van der Waals surface area contributed by atoms with E-state index in [1.54, 1.807) is 18.3 Å². The number of hydrogen-bond donors (Lipinski definition) is 3. The number of aromatic nitrogens is 1. The van der Waals surface area contributed by atoms with Crippen LogP contribution < -0.4 is 11.1 Å². The van der Waals surface area contributed by atoms with E-state index in [4.69, 9.17) is 5.73 Å². The number of rotatable bonds is 4. The number of benzene rings is 2. The van der Waals surface area contributed by atoms with E-state index < -0.39 is 5.91 Å². The highest BCUT2D eigenvalue weighted by Gasteiger charge is 2.21. The van der Waals surface area contributed by atoms with Crippen LogP contribution in [0.1, 0.15) is 29.0 Å². The van der Waals surface area contributed by atoms with Gasteiger partial charge in [0.1, 0.15) is 0 Å². The molecule has 0 aliphatic heterocycles. The SMILES string of the molecule is CC(NC(=O)c1ncc2ccccc2c1O)C(N)c1ccccc1. The molecule has 3 rings (SSSR count). The Morgan fingerprint density at radius 2 is 1.79 bits per heavy atom. The minimum atomic E-state index is -0.447. The molecule has 0 bridgehead atoms. The fraction of sp³-hybridized carbons (Fsp3) is 0.158. The molecule has 1 aromatic heterocycles. The normalized spacial score (nSPS) is 13.4. The maximum absolute atomic E-state index is 12.5. The molecular formula is C19H19N3O2. The van der Waals surface area contributed by atoms with Crippen molar-refractivity contribution in [2.75, 3.05) is 0 Å². The van der Waals surface area contributed by atoms with Gasteiger partial charge in [0, 0.05) is 29.1 Å². The zero-order chi connectivity index (χ0) is 17.1. The average molecular weight is 321 g/mol. The molecule has 0 aliphatic carbocycles. The smallest absolute Gasteiger partial charge is 0.274 e. The van der Waals surface area contributed by atoms with Crippen LogP contribution in [0.2, 0.25) is 0 Å². The first-order valence-corrected chi connectivity index (χ1v) is 7.76. The molecule has 5 nitrogen and oxygen atoms in total. The minimum Gasteiger partial charge on any atom is -0.505 e. The van der Waals surface area contributed by atoms with Gasteiger partial charge in [-0.15, -0.1) is 0 Å². The molecule has 0 aliphatic rings. The predicted octanol–water partition coefficient (Wildman–Crippen LogP) is 2.76. The van der Waals surface area contributed by atoms with Crippen molar-refractivity contribution in [3.8, 4) is 5.75 Å². The van der Waals surface area contributed by atoms with Crippen molar-refractivity contribution in [2.45, 2.75) is 19.0 Å². The van der Waals surface area contributed by atoms with Gasteiger partial charge in [-0.3, -0.25) is 4.79 Å². The highest BCUT2D eigenvalue weighted by atomic mass is 16.3. The Morgan fingerprint density at radius 3 is 2.54 bits per heavy atom. The minimum absolute atomic E-state index is 0.000752. The van der Waals surface area contributed by atoms with Crippen LogP contribution in [0.15, 0.2) is 60.8 Å². The number of nitrogens with zero attached hydrogens (tertiary/aromatic N) is 1. The van der Waals surface area contributed by atoms with Crippen LogP contribution in [-0.2, 0) is 0 Å². The molecule has 2 atom stereocenters. The molecule has 2 aromatic carbocycles. The van der Waals surface area contributed by atoms with Crippen molar-refractivity contribution in [3.63, 3.8) is 0 Å². The highest BCUT2D eigenvalue weighted by Crippen LogP contribution is 2.26. The first-order chi connectivity index (χ1) is 11.6. The monoisotopic (exact) mass is 321 g/mol. The van der Waals surface area contributed by atoms with Crippen LogP contribution in [0.5, 0.6) is 5.75 Å². The van der Waals surface area contributed by atoms with Crippen molar-refractivity contribution in [1.29, 1.82) is 0 Å². The fourth-order valence-corrected chi connectivity index (χ4v) is 2.64. The van der Waals surface area contributed by atoms with Gasteiger partial charge in [-0.1, -0.05) is 54.6 Å². The molecular weight excluding hydrogens is 302 g/mol. The third kappa shape index (κ3) is 3.07.